The first kappa shape index (κ1) is 37.9. The monoisotopic (exact) mass is 798 g/mol. The third kappa shape index (κ3) is 5.79. The number of ether oxygens (including phenoxy) is 1. The lowest BCUT2D eigenvalue weighted by Crippen LogP contribution is -2.74. The molecule has 0 aromatic heterocycles. The summed E-state index contributed by atoms with van der Waals surface area (Å²) in [5, 5.41) is 2.64. The molecule has 5 heterocycles. The number of carbonyl (C=O) groups excluding carboxylic acids is 5. The number of halogens is 1. The molecule has 5 aliphatic heterocycles. The number of anilines is 1. The molecule has 1 unspecified atom stereocenters. The van der Waals surface area contributed by atoms with Crippen molar-refractivity contribution in [2.45, 2.75) is 78.2 Å². The second-order valence-corrected chi connectivity index (χ2v) is 18.0. The van der Waals surface area contributed by atoms with Gasteiger partial charge in [-0.15, -0.1) is 0 Å². The van der Waals surface area contributed by atoms with Gasteiger partial charge < -0.3 is 14.5 Å². The molecule has 12 nitrogen and oxygen atoms in total. The topological polar surface area (TPSA) is 124 Å². The van der Waals surface area contributed by atoms with Crippen molar-refractivity contribution in [2.75, 3.05) is 31.1 Å². The zero-order chi connectivity index (χ0) is 41.0. The van der Waals surface area contributed by atoms with Gasteiger partial charge in [-0.25, -0.2) is 4.85 Å². The molecule has 0 bridgehead atoms. The summed E-state index contributed by atoms with van der Waals surface area (Å²) in [4.78, 5) is 75.3. The van der Waals surface area contributed by atoms with Gasteiger partial charge in [-0.3, -0.25) is 39.1 Å². The second-order valence-electron chi connectivity index (χ2n) is 17.6. The summed E-state index contributed by atoms with van der Waals surface area (Å²) < 4.78 is 6.60. The van der Waals surface area contributed by atoms with E-state index in [4.69, 9.17) is 22.9 Å². The van der Waals surface area contributed by atoms with E-state index in [1.54, 1.807) is 18.2 Å². The second kappa shape index (κ2) is 13.4. The van der Waals surface area contributed by atoms with Crippen LogP contribution in [0, 0.1) is 42.1 Å². The van der Waals surface area contributed by atoms with Gasteiger partial charge in [-0.2, -0.15) is 0 Å². The minimum Gasteiger partial charge on any atom is -0.489 e. The Morgan fingerprint density at radius 2 is 1.59 bits per heavy atom. The Labute approximate surface area is 342 Å². The summed E-state index contributed by atoms with van der Waals surface area (Å²) in [6.45, 7) is 21.6. The summed E-state index contributed by atoms with van der Waals surface area (Å²) >= 11 is 6.46. The van der Waals surface area contributed by atoms with E-state index in [0.29, 0.717) is 34.6 Å². The van der Waals surface area contributed by atoms with Gasteiger partial charge in [-0.1, -0.05) is 57.2 Å². The van der Waals surface area contributed by atoms with Crippen LogP contribution in [0.5, 0.6) is 5.75 Å². The van der Waals surface area contributed by atoms with Crippen molar-refractivity contribution < 1.29 is 28.7 Å². The van der Waals surface area contributed by atoms with Crippen LogP contribution in [0.2, 0.25) is 5.02 Å². The Morgan fingerprint density at radius 3 is 2.29 bits per heavy atom. The number of amides is 5. The third-order valence-electron chi connectivity index (χ3n) is 13.2. The van der Waals surface area contributed by atoms with Gasteiger partial charge in [0.15, 0.2) is 0 Å². The maximum Gasteiger partial charge on any atom is 0.262 e. The van der Waals surface area contributed by atoms with Crippen LogP contribution in [0.4, 0.5) is 11.4 Å². The lowest BCUT2D eigenvalue weighted by molar-refractivity contribution is -0.199. The van der Waals surface area contributed by atoms with Gasteiger partial charge in [0.25, 0.3) is 17.7 Å². The number of hydrogen-bond acceptors (Lipinski definition) is 8. The number of carbonyl (C=O) groups is 5. The van der Waals surface area contributed by atoms with E-state index in [1.807, 2.05) is 36.1 Å². The summed E-state index contributed by atoms with van der Waals surface area (Å²) in [5.41, 5.74) is 4.45. The van der Waals surface area contributed by atoms with E-state index >= 15 is 0 Å². The van der Waals surface area contributed by atoms with Gasteiger partial charge in [0.2, 0.25) is 17.5 Å². The summed E-state index contributed by atoms with van der Waals surface area (Å²) in [6, 6.07) is 14.0. The fourth-order valence-electron chi connectivity index (χ4n) is 10.5. The number of nitrogens with zero attached hydrogens (tertiary/aromatic N) is 5. The van der Waals surface area contributed by atoms with E-state index in [9.17, 15) is 24.0 Å². The molecule has 1 aliphatic carbocycles. The van der Waals surface area contributed by atoms with E-state index in [1.165, 1.54) is 0 Å². The number of likely N-dealkylation sites (tertiary alicyclic amines) is 1. The Hall–Kier alpha value is -5.69. The molecule has 4 fully saturated rings. The van der Waals surface area contributed by atoms with Crippen LogP contribution in [-0.2, 0) is 16.1 Å². The predicted octanol–water partition coefficient (Wildman–Crippen LogP) is 5.61. The first-order chi connectivity index (χ1) is 27.6. The van der Waals surface area contributed by atoms with Crippen LogP contribution in [0.1, 0.15) is 88.3 Å². The molecule has 13 heteroatoms. The average Bonchev–Trinajstić information content (AvgIpc) is 3.58. The number of imide groups is 2. The van der Waals surface area contributed by atoms with Crippen molar-refractivity contribution in [3.05, 3.63) is 98.4 Å². The molecule has 1 saturated carbocycles. The van der Waals surface area contributed by atoms with Crippen LogP contribution >= 0.6 is 11.6 Å². The molecule has 1 atom stereocenters. The van der Waals surface area contributed by atoms with Gasteiger partial charge in [-0.05, 0) is 66.9 Å². The zero-order valence-electron chi connectivity index (χ0n) is 33.0. The zero-order valence-corrected chi connectivity index (χ0v) is 33.8. The third-order valence-corrected chi connectivity index (χ3v) is 13.7. The van der Waals surface area contributed by atoms with E-state index in [0.717, 1.165) is 53.5 Å². The summed E-state index contributed by atoms with van der Waals surface area (Å²) in [6.07, 6.45) is 0.0271. The Balaban J connectivity index is 0.787. The summed E-state index contributed by atoms with van der Waals surface area (Å²) in [7, 11) is 0. The number of hydrogen-bond donors (Lipinski definition) is 1. The highest BCUT2D eigenvalue weighted by molar-refractivity contribution is 6.34. The van der Waals surface area contributed by atoms with Crippen LogP contribution in [0.15, 0.2) is 48.5 Å². The standard InChI is InChI=1S/C45H43ClN6O6/c1-24-35(15-13-33(47-6)37(24)46)58-43-44(2,3)42(45(43,4)5)51-21-27-17-25(9-11-30(27)39(51)55)7-8-26-19-49(20-26)29-22-50(23-29)28-10-12-31-32(18-28)41(57)52(40(31)56)34-14-16-36(53)48-38(34)54/h9-13,15,17-18,26,29,34,42-43H,14,16,19-23H2,1-5H3,(H,48,53,54). The molecule has 1 N–H and O–H groups in total. The first-order valence-corrected chi connectivity index (χ1v) is 20.1. The molecule has 0 spiro atoms. The smallest absolute Gasteiger partial charge is 0.262 e. The average molecular weight is 799 g/mol. The number of fused-ring (bicyclic) bond motifs is 2. The number of nitrogens with one attached hydrogen (secondary N) is 1. The van der Waals surface area contributed by atoms with Crippen LogP contribution in [-0.4, -0.2) is 94.6 Å². The Morgan fingerprint density at radius 1 is 0.879 bits per heavy atom. The molecule has 9 rings (SSSR count). The fraction of sp³-hybridized carbons (Fsp3) is 0.422. The number of piperidine rings is 1. The molecule has 6 aliphatic rings. The molecular formula is C45H43ClN6O6. The van der Waals surface area contributed by atoms with Crippen LogP contribution in [0.3, 0.4) is 0 Å². The Kier molecular flexibility index (Phi) is 8.77. The molecule has 5 amide bonds. The Bertz CT molecular complexity index is 2450. The quantitative estimate of drug-likeness (QED) is 0.194. The fourth-order valence-corrected chi connectivity index (χ4v) is 10.7. The lowest BCUT2D eigenvalue weighted by Gasteiger charge is -2.65. The molecule has 296 valence electrons. The van der Waals surface area contributed by atoms with Crippen molar-refractivity contribution in [3.63, 3.8) is 0 Å². The van der Waals surface area contributed by atoms with Crippen LogP contribution < -0.4 is 15.0 Å². The maximum atomic E-state index is 13.8. The molecule has 3 aromatic carbocycles. The van der Waals surface area contributed by atoms with Gasteiger partial charge in [0.1, 0.15) is 17.9 Å². The molecule has 3 saturated heterocycles. The van der Waals surface area contributed by atoms with Gasteiger partial charge in [0, 0.05) is 84.8 Å². The van der Waals surface area contributed by atoms with E-state index in [-0.39, 0.29) is 58.8 Å². The highest BCUT2D eigenvalue weighted by Crippen LogP contribution is 2.59. The molecule has 0 radical (unpaired) electrons. The largest absolute Gasteiger partial charge is 0.489 e. The normalized spacial score (nSPS) is 24.9. The predicted molar refractivity (Wildman–Crippen MR) is 216 cm³/mol. The van der Waals surface area contributed by atoms with Gasteiger partial charge >= 0.3 is 0 Å². The van der Waals surface area contributed by atoms with Gasteiger partial charge in [0.05, 0.1) is 22.7 Å². The van der Waals surface area contributed by atoms with Crippen molar-refractivity contribution >= 4 is 52.5 Å². The minimum atomic E-state index is -0.983. The first-order valence-electron chi connectivity index (χ1n) is 19.7. The van der Waals surface area contributed by atoms with Crippen LogP contribution in [0.25, 0.3) is 4.85 Å². The highest BCUT2D eigenvalue weighted by atomic mass is 35.5. The van der Waals surface area contributed by atoms with Crippen molar-refractivity contribution in [1.82, 2.24) is 20.0 Å². The van der Waals surface area contributed by atoms with Crippen molar-refractivity contribution in [1.29, 1.82) is 0 Å². The molecule has 3 aromatic rings. The maximum absolute atomic E-state index is 13.8. The van der Waals surface area contributed by atoms with E-state index in [2.05, 4.69) is 65.6 Å². The number of rotatable bonds is 6. The lowest BCUT2D eigenvalue weighted by atomic mass is 9.49. The van der Waals surface area contributed by atoms with Crippen molar-refractivity contribution in [3.8, 4) is 17.6 Å². The SMILES string of the molecule is [C-]#[N+]c1ccc(OC2C(C)(C)C(N3Cc4cc(C#CC5CN(C6CN(c7ccc8c(c7)C(=O)N(C7CCC(=O)NC7=O)C8=O)C6)C5)ccc4C3=O)C2(C)C)c(C)c1Cl. The van der Waals surface area contributed by atoms with Crippen molar-refractivity contribution in [2.24, 2.45) is 16.7 Å². The van der Waals surface area contributed by atoms with E-state index < -0.39 is 29.7 Å². The highest BCUT2D eigenvalue weighted by Gasteiger charge is 2.67. The number of benzene rings is 3. The minimum absolute atomic E-state index is 0.0260. The molecule has 58 heavy (non-hydrogen) atoms. The molecular weight excluding hydrogens is 756 g/mol. The summed E-state index contributed by atoms with van der Waals surface area (Å²) in [5.74, 6) is 5.72.